The quantitative estimate of drug-likeness (QED) is 0.375. The summed E-state index contributed by atoms with van der Waals surface area (Å²) in [5.41, 5.74) is 2.26. The van der Waals surface area contributed by atoms with Crippen molar-refractivity contribution >= 4 is 49.1 Å². The zero-order chi connectivity index (χ0) is 26.6. The number of carbonyl (C=O) groups is 1. The van der Waals surface area contributed by atoms with Gasteiger partial charge in [0, 0.05) is 59.0 Å². The fourth-order valence-electron chi connectivity index (χ4n) is 4.10. The molecule has 0 spiro atoms. The van der Waals surface area contributed by atoms with E-state index in [0.717, 1.165) is 17.0 Å². The molecule has 3 aromatic carbocycles. The second-order valence-corrected chi connectivity index (χ2v) is 12.0. The molecule has 0 aromatic heterocycles. The molecular weight excluding hydrogens is 578 g/mol. The molecule has 196 valence electrons. The Morgan fingerprint density at radius 1 is 1.03 bits per heavy atom. The largest absolute Gasteiger partial charge is 0.489 e. The van der Waals surface area contributed by atoms with Crippen LogP contribution in [-0.2, 0) is 16.6 Å². The fourth-order valence-corrected chi connectivity index (χ4v) is 5.98. The van der Waals surface area contributed by atoms with E-state index in [1.165, 1.54) is 12.1 Å². The Balaban J connectivity index is 1.40. The molecule has 1 N–H and O–H groups in total. The second kappa shape index (κ2) is 11.9. The van der Waals surface area contributed by atoms with Crippen LogP contribution in [0.25, 0.3) is 0 Å². The number of nitrogens with one attached hydrogen (secondary N) is 1. The lowest BCUT2D eigenvalue weighted by atomic mass is 10.1. The first kappa shape index (κ1) is 27.4. The summed E-state index contributed by atoms with van der Waals surface area (Å²) < 4.78 is 34.3. The number of nitrogens with zero attached hydrogens (tertiary/aromatic N) is 2. The molecule has 1 fully saturated rings. The average Bonchev–Trinajstić information content (AvgIpc) is 2.87. The Morgan fingerprint density at radius 3 is 2.46 bits per heavy atom. The lowest BCUT2D eigenvalue weighted by molar-refractivity contribution is 0.0745. The highest BCUT2D eigenvalue weighted by atomic mass is 79.9. The average molecular weight is 607 g/mol. The summed E-state index contributed by atoms with van der Waals surface area (Å²) in [5.74, 6) is 0.540. The van der Waals surface area contributed by atoms with Crippen LogP contribution in [0.4, 0.5) is 5.69 Å². The Labute approximate surface area is 231 Å². The van der Waals surface area contributed by atoms with Crippen LogP contribution in [0.2, 0.25) is 5.02 Å². The minimum absolute atomic E-state index is 0.0694. The molecule has 0 atom stereocenters. The second-order valence-electron chi connectivity index (χ2n) is 9.07. The number of benzene rings is 3. The first-order valence-electron chi connectivity index (χ1n) is 12.0. The molecule has 37 heavy (non-hydrogen) atoms. The van der Waals surface area contributed by atoms with Crippen molar-refractivity contribution in [2.24, 2.45) is 0 Å². The molecule has 4 rings (SSSR count). The molecule has 7 nitrogen and oxygen atoms in total. The Hall–Kier alpha value is -2.59. The predicted octanol–water partition coefficient (Wildman–Crippen LogP) is 5.33. The van der Waals surface area contributed by atoms with Gasteiger partial charge in [0.2, 0.25) is 10.0 Å². The molecule has 1 amide bonds. The lowest BCUT2D eigenvalue weighted by Gasteiger charge is -2.36. The number of hydrogen-bond acceptors (Lipinski definition) is 5. The number of rotatable bonds is 8. The van der Waals surface area contributed by atoms with E-state index in [9.17, 15) is 13.2 Å². The van der Waals surface area contributed by atoms with Gasteiger partial charge < -0.3 is 14.5 Å². The zero-order valence-electron chi connectivity index (χ0n) is 20.7. The van der Waals surface area contributed by atoms with Crippen LogP contribution in [0, 0.1) is 0 Å². The normalized spacial score (nSPS) is 14.2. The van der Waals surface area contributed by atoms with Crippen LogP contribution in [0.15, 0.2) is 76.1 Å². The van der Waals surface area contributed by atoms with E-state index in [2.05, 4.69) is 25.6 Å². The highest BCUT2D eigenvalue weighted by Gasteiger charge is 2.26. The number of ether oxygens (including phenoxy) is 1. The van der Waals surface area contributed by atoms with Gasteiger partial charge in [-0.25, -0.2) is 13.1 Å². The number of halogens is 2. The monoisotopic (exact) mass is 605 g/mol. The smallest absolute Gasteiger partial charge is 0.255 e. The van der Waals surface area contributed by atoms with Gasteiger partial charge in [-0.15, -0.1) is 0 Å². The van der Waals surface area contributed by atoms with Gasteiger partial charge >= 0.3 is 0 Å². The van der Waals surface area contributed by atoms with Crippen molar-refractivity contribution in [2.75, 3.05) is 31.1 Å². The summed E-state index contributed by atoms with van der Waals surface area (Å²) in [6.45, 7) is 6.19. The Bertz CT molecular complexity index is 1380. The summed E-state index contributed by atoms with van der Waals surface area (Å²) in [5, 5.41) is 0.672. The van der Waals surface area contributed by atoms with E-state index in [0.29, 0.717) is 47.8 Å². The summed E-state index contributed by atoms with van der Waals surface area (Å²) in [6, 6.07) is 19.7. The van der Waals surface area contributed by atoms with Gasteiger partial charge in [0.1, 0.15) is 12.4 Å². The molecule has 1 saturated heterocycles. The Kier molecular flexibility index (Phi) is 8.79. The van der Waals surface area contributed by atoms with Crippen LogP contribution >= 0.6 is 27.5 Å². The van der Waals surface area contributed by atoms with Gasteiger partial charge in [-0.2, -0.15) is 0 Å². The third-order valence-electron chi connectivity index (χ3n) is 5.97. The lowest BCUT2D eigenvalue weighted by Crippen LogP contribution is -2.48. The van der Waals surface area contributed by atoms with Gasteiger partial charge in [-0.05, 0) is 66.2 Å². The molecule has 1 aliphatic heterocycles. The van der Waals surface area contributed by atoms with Gasteiger partial charge in [-0.1, -0.05) is 35.9 Å². The molecule has 0 aliphatic carbocycles. The van der Waals surface area contributed by atoms with Crippen LogP contribution in [-0.4, -0.2) is 51.4 Å². The molecule has 0 bridgehead atoms. The number of piperazine rings is 1. The van der Waals surface area contributed by atoms with Crippen molar-refractivity contribution in [2.45, 2.75) is 31.4 Å². The Morgan fingerprint density at radius 2 is 1.76 bits per heavy atom. The maximum atomic E-state index is 13.3. The van der Waals surface area contributed by atoms with E-state index in [1.807, 2.05) is 48.5 Å². The zero-order valence-corrected chi connectivity index (χ0v) is 23.8. The molecule has 0 saturated carbocycles. The van der Waals surface area contributed by atoms with Gasteiger partial charge in [0.15, 0.2) is 0 Å². The summed E-state index contributed by atoms with van der Waals surface area (Å²) in [4.78, 5) is 17.3. The van der Waals surface area contributed by atoms with E-state index in [-0.39, 0.29) is 16.8 Å². The molecule has 0 unspecified atom stereocenters. The molecule has 3 aromatic rings. The van der Waals surface area contributed by atoms with Crippen LogP contribution in [0.1, 0.15) is 29.8 Å². The molecular formula is C27H29BrClN3O4S. The van der Waals surface area contributed by atoms with E-state index >= 15 is 0 Å². The third kappa shape index (κ3) is 6.84. The third-order valence-corrected chi connectivity index (χ3v) is 8.69. The minimum atomic E-state index is -3.71. The number of anilines is 1. The number of amides is 1. The van der Waals surface area contributed by atoms with E-state index in [1.54, 1.807) is 24.8 Å². The number of sulfonamides is 1. The topological polar surface area (TPSA) is 79.0 Å². The van der Waals surface area contributed by atoms with E-state index < -0.39 is 10.0 Å². The fraction of sp³-hybridized carbons (Fsp3) is 0.296. The minimum Gasteiger partial charge on any atom is -0.489 e. The van der Waals surface area contributed by atoms with Crippen molar-refractivity contribution in [3.05, 3.63) is 87.4 Å². The standard InChI is InChI=1S/C27H29BrClN3O4S/c1-19(2)30-37(34,35)23-10-11-25(28)24(17-23)27(33)32-14-12-31(13-15-32)21-7-5-8-22(16-21)36-18-20-6-3-4-9-26(20)29/h3-11,16-17,19,30H,12-15,18H2,1-2H3. The van der Waals surface area contributed by atoms with Crippen LogP contribution < -0.4 is 14.4 Å². The van der Waals surface area contributed by atoms with Gasteiger partial charge in [0.25, 0.3) is 5.91 Å². The number of hydrogen-bond donors (Lipinski definition) is 1. The van der Waals surface area contributed by atoms with E-state index in [4.69, 9.17) is 16.3 Å². The van der Waals surface area contributed by atoms with Crippen molar-refractivity contribution in [1.82, 2.24) is 9.62 Å². The van der Waals surface area contributed by atoms with Gasteiger partial charge in [-0.3, -0.25) is 4.79 Å². The SMILES string of the molecule is CC(C)NS(=O)(=O)c1ccc(Br)c(C(=O)N2CCN(c3cccc(OCc4ccccc4Cl)c3)CC2)c1. The maximum absolute atomic E-state index is 13.3. The van der Waals surface area contributed by atoms with Crippen molar-refractivity contribution in [1.29, 1.82) is 0 Å². The summed E-state index contributed by atoms with van der Waals surface area (Å²) >= 11 is 9.64. The van der Waals surface area contributed by atoms with Crippen LogP contribution in [0.5, 0.6) is 5.75 Å². The molecule has 0 radical (unpaired) electrons. The first-order chi connectivity index (χ1) is 17.6. The summed E-state index contributed by atoms with van der Waals surface area (Å²) in [6.07, 6.45) is 0. The number of carbonyl (C=O) groups excluding carboxylic acids is 1. The van der Waals surface area contributed by atoms with Crippen molar-refractivity contribution in [3.63, 3.8) is 0 Å². The van der Waals surface area contributed by atoms with Gasteiger partial charge in [0.05, 0.1) is 10.5 Å². The van der Waals surface area contributed by atoms with Crippen LogP contribution in [0.3, 0.4) is 0 Å². The van der Waals surface area contributed by atoms with Crippen molar-refractivity contribution in [3.8, 4) is 5.75 Å². The summed E-state index contributed by atoms with van der Waals surface area (Å²) in [7, 11) is -3.71. The first-order valence-corrected chi connectivity index (χ1v) is 14.6. The molecule has 1 heterocycles. The highest BCUT2D eigenvalue weighted by molar-refractivity contribution is 9.10. The predicted molar refractivity (Wildman–Crippen MR) is 150 cm³/mol. The van der Waals surface area contributed by atoms with Crippen molar-refractivity contribution < 1.29 is 17.9 Å². The molecule has 1 aliphatic rings. The highest BCUT2D eigenvalue weighted by Crippen LogP contribution is 2.26. The molecule has 10 heteroatoms. The maximum Gasteiger partial charge on any atom is 0.255 e.